The normalized spacial score (nSPS) is 20.9. The van der Waals surface area contributed by atoms with Gasteiger partial charge in [-0.2, -0.15) is 0 Å². The molecule has 0 unspecified atom stereocenters. The molecule has 2 heterocycles. The lowest BCUT2D eigenvalue weighted by atomic mass is 9.99. The number of hydrogen-bond donors (Lipinski definition) is 0. The maximum atomic E-state index is 12.7. The molecule has 0 aromatic heterocycles. The lowest BCUT2D eigenvalue weighted by Gasteiger charge is -2.35. The van der Waals surface area contributed by atoms with E-state index < -0.39 is 0 Å². The molecular formula is C22H25N3O2. The van der Waals surface area contributed by atoms with Crippen LogP contribution in [0, 0.1) is 0 Å². The van der Waals surface area contributed by atoms with Gasteiger partial charge in [0.15, 0.2) is 0 Å². The summed E-state index contributed by atoms with van der Waals surface area (Å²) in [4.78, 5) is 30.9. The summed E-state index contributed by atoms with van der Waals surface area (Å²) in [5, 5.41) is 0. The number of hydrogen-bond acceptors (Lipinski definition) is 3. The van der Waals surface area contributed by atoms with Crippen molar-refractivity contribution in [2.75, 3.05) is 44.2 Å². The zero-order valence-corrected chi connectivity index (χ0v) is 15.5. The van der Waals surface area contributed by atoms with Crippen molar-refractivity contribution in [1.82, 2.24) is 9.80 Å². The van der Waals surface area contributed by atoms with Crippen molar-refractivity contribution in [2.45, 2.75) is 12.3 Å². The van der Waals surface area contributed by atoms with E-state index in [4.69, 9.17) is 0 Å². The monoisotopic (exact) mass is 363 g/mol. The van der Waals surface area contributed by atoms with E-state index in [-0.39, 0.29) is 18.4 Å². The van der Waals surface area contributed by atoms with Crippen LogP contribution in [-0.2, 0) is 9.59 Å². The van der Waals surface area contributed by atoms with Crippen molar-refractivity contribution >= 4 is 17.5 Å². The number of amides is 2. The van der Waals surface area contributed by atoms with E-state index in [0.29, 0.717) is 25.6 Å². The van der Waals surface area contributed by atoms with Crippen molar-refractivity contribution in [3.05, 3.63) is 66.2 Å². The zero-order chi connectivity index (χ0) is 18.6. The molecule has 0 saturated carbocycles. The average Bonchev–Trinajstić information content (AvgIpc) is 3.18. The maximum absolute atomic E-state index is 12.7. The highest BCUT2D eigenvalue weighted by Gasteiger charge is 2.31. The third-order valence-corrected chi connectivity index (χ3v) is 5.54. The molecule has 1 atom stereocenters. The summed E-state index contributed by atoms with van der Waals surface area (Å²) < 4.78 is 0. The number of para-hydroxylation sites is 1. The second-order valence-electron chi connectivity index (χ2n) is 7.33. The predicted octanol–water partition coefficient (Wildman–Crippen LogP) is 2.35. The number of piperazine rings is 1. The smallest absolute Gasteiger partial charge is 0.246 e. The molecule has 0 N–H and O–H groups in total. The summed E-state index contributed by atoms with van der Waals surface area (Å²) in [5.74, 6) is 0.546. The molecule has 2 aromatic carbocycles. The van der Waals surface area contributed by atoms with Crippen LogP contribution in [0.3, 0.4) is 0 Å². The molecule has 27 heavy (non-hydrogen) atoms. The first-order chi connectivity index (χ1) is 13.2. The Balaban J connectivity index is 1.30. The molecule has 2 aromatic rings. The van der Waals surface area contributed by atoms with Gasteiger partial charge in [-0.05, 0) is 36.6 Å². The Morgan fingerprint density at radius 3 is 2.33 bits per heavy atom. The number of carbonyl (C=O) groups excluding carboxylic acids is 2. The Hall–Kier alpha value is -2.66. The summed E-state index contributed by atoms with van der Waals surface area (Å²) in [6.07, 6.45) is 1.08. The molecular weight excluding hydrogens is 338 g/mol. The number of rotatable bonds is 4. The van der Waals surface area contributed by atoms with Crippen LogP contribution >= 0.6 is 0 Å². The van der Waals surface area contributed by atoms with Gasteiger partial charge in [0.05, 0.1) is 6.54 Å². The Bertz CT molecular complexity index is 794. The van der Waals surface area contributed by atoms with Crippen molar-refractivity contribution in [2.24, 2.45) is 0 Å². The van der Waals surface area contributed by atoms with Crippen LogP contribution < -0.4 is 4.90 Å². The number of likely N-dealkylation sites (tertiary alicyclic amines) is 1. The van der Waals surface area contributed by atoms with Gasteiger partial charge in [0, 0.05) is 25.3 Å². The van der Waals surface area contributed by atoms with E-state index in [2.05, 4.69) is 29.2 Å². The van der Waals surface area contributed by atoms with Crippen molar-refractivity contribution in [3.8, 4) is 0 Å². The van der Waals surface area contributed by atoms with Crippen LogP contribution in [0.4, 0.5) is 5.69 Å². The van der Waals surface area contributed by atoms with Gasteiger partial charge in [0.2, 0.25) is 11.8 Å². The zero-order valence-electron chi connectivity index (χ0n) is 15.5. The predicted molar refractivity (Wildman–Crippen MR) is 106 cm³/mol. The Morgan fingerprint density at radius 2 is 1.63 bits per heavy atom. The van der Waals surface area contributed by atoms with E-state index in [1.54, 1.807) is 9.80 Å². The average molecular weight is 363 g/mol. The first-order valence-corrected chi connectivity index (χ1v) is 9.61. The molecule has 2 fully saturated rings. The lowest BCUT2D eigenvalue weighted by Crippen LogP contribution is -2.54. The van der Waals surface area contributed by atoms with Gasteiger partial charge in [-0.15, -0.1) is 0 Å². The van der Waals surface area contributed by atoms with Gasteiger partial charge >= 0.3 is 0 Å². The second-order valence-corrected chi connectivity index (χ2v) is 7.33. The first kappa shape index (κ1) is 17.7. The van der Waals surface area contributed by atoms with Gasteiger partial charge in [-0.1, -0.05) is 48.5 Å². The summed E-state index contributed by atoms with van der Waals surface area (Å²) in [5.41, 5.74) is 2.25. The molecule has 2 aliphatic rings. The van der Waals surface area contributed by atoms with Gasteiger partial charge < -0.3 is 9.80 Å². The summed E-state index contributed by atoms with van der Waals surface area (Å²) >= 11 is 0. The van der Waals surface area contributed by atoms with E-state index >= 15 is 0 Å². The van der Waals surface area contributed by atoms with Crippen molar-refractivity contribution in [1.29, 1.82) is 0 Å². The Kier molecular flexibility index (Phi) is 5.21. The number of anilines is 1. The SMILES string of the molecule is O=C(CN1CC[C@@H](c2ccccc2)C1)N1CCN(c2ccccc2)C(=O)C1. The van der Waals surface area contributed by atoms with Crippen LogP contribution in [0.15, 0.2) is 60.7 Å². The minimum atomic E-state index is -0.00983. The topological polar surface area (TPSA) is 43.9 Å². The fraction of sp³-hybridized carbons (Fsp3) is 0.364. The van der Waals surface area contributed by atoms with Crippen molar-refractivity contribution < 1.29 is 9.59 Å². The van der Waals surface area contributed by atoms with Gasteiger partial charge in [-0.25, -0.2) is 0 Å². The molecule has 0 bridgehead atoms. The number of nitrogens with zero attached hydrogens (tertiary/aromatic N) is 3. The van der Waals surface area contributed by atoms with Crippen LogP contribution in [-0.4, -0.2) is 60.9 Å². The molecule has 2 saturated heterocycles. The molecule has 0 spiro atoms. The number of benzene rings is 2. The summed E-state index contributed by atoms with van der Waals surface area (Å²) in [6, 6.07) is 20.2. The highest BCUT2D eigenvalue weighted by atomic mass is 16.2. The third-order valence-electron chi connectivity index (χ3n) is 5.54. The molecule has 5 heteroatoms. The van der Waals surface area contributed by atoms with Crippen LogP contribution in [0.1, 0.15) is 17.9 Å². The Labute approximate surface area is 160 Å². The molecule has 2 aliphatic heterocycles. The second kappa shape index (κ2) is 7.92. The number of carbonyl (C=O) groups is 2. The molecule has 4 rings (SSSR count). The largest absolute Gasteiger partial charge is 0.330 e. The van der Waals surface area contributed by atoms with E-state index in [0.717, 1.165) is 25.2 Å². The van der Waals surface area contributed by atoms with Crippen LogP contribution in [0.2, 0.25) is 0 Å². The van der Waals surface area contributed by atoms with E-state index in [1.165, 1.54) is 5.56 Å². The maximum Gasteiger partial charge on any atom is 0.246 e. The minimum absolute atomic E-state index is 0.00983. The summed E-state index contributed by atoms with van der Waals surface area (Å²) in [6.45, 7) is 3.57. The minimum Gasteiger partial charge on any atom is -0.330 e. The lowest BCUT2D eigenvalue weighted by molar-refractivity contribution is -0.137. The van der Waals surface area contributed by atoms with Crippen LogP contribution in [0.5, 0.6) is 0 Å². The van der Waals surface area contributed by atoms with Gasteiger partial charge in [0.25, 0.3) is 0 Å². The van der Waals surface area contributed by atoms with Gasteiger partial charge in [-0.3, -0.25) is 14.5 Å². The van der Waals surface area contributed by atoms with Gasteiger partial charge in [0.1, 0.15) is 6.54 Å². The molecule has 5 nitrogen and oxygen atoms in total. The first-order valence-electron chi connectivity index (χ1n) is 9.61. The third kappa shape index (κ3) is 4.03. The van der Waals surface area contributed by atoms with E-state index in [9.17, 15) is 9.59 Å². The Morgan fingerprint density at radius 1 is 0.926 bits per heavy atom. The van der Waals surface area contributed by atoms with Crippen LogP contribution in [0.25, 0.3) is 0 Å². The summed E-state index contributed by atoms with van der Waals surface area (Å²) in [7, 11) is 0. The fourth-order valence-electron chi connectivity index (χ4n) is 4.03. The van der Waals surface area contributed by atoms with Crippen molar-refractivity contribution in [3.63, 3.8) is 0 Å². The molecule has 0 radical (unpaired) electrons. The molecule has 2 amide bonds. The molecule has 0 aliphatic carbocycles. The van der Waals surface area contributed by atoms with E-state index in [1.807, 2.05) is 36.4 Å². The molecule has 140 valence electrons. The fourth-order valence-corrected chi connectivity index (χ4v) is 4.03. The quantitative estimate of drug-likeness (QED) is 0.838. The highest BCUT2D eigenvalue weighted by molar-refractivity contribution is 5.98. The highest BCUT2D eigenvalue weighted by Crippen LogP contribution is 2.27. The standard InChI is InChI=1S/C22H25N3O2/c26-21(16-23-12-11-19(15-23)18-7-3-1-4-8-18)24-13-14-25(22(27)17-24)20-9-5-2-6-10-20/h1-10,19H,11-17H2/t19-/m1/s1.